The molecule has 18 heavy (non-hydrogen) atoms. The number of benzene rings is 1. The fourth-order valence-corrected chi connectivity index (χ4v) is 2.75. The number of ether oxygens (including phenoxy) is 1. The molecule has 0 spiro atoms. The Labute approximate surface area is 110 Å². The summed E-state index contributed by atoms with van der Waals surface area (Å²) in [5.41, 5.74) is 0.929. The van der Waals surface area contributed by atoms with Crippen LogP contribution in [0, 0.1) is 5.92 Å². The molecule has 0 aliphatic heterocycles. The molecule has 0 saturated heterocycles. The Balaban J connectivity index is 2.08. The molecule has 2 heteroatoms. The van der Waals surface area contributed by atoms with Crippen molar-refractivity contribution < 1.29 is 9.84 Å². The number of aliphatic hydroxyl groups is 1. The first-order valence-corrected chi connectivity index (χ1v) is 7.14. The van der Waals surface area contributed by atoms with E-state index in [-0.39, 0.29) is 0 Å². The Morgan fingerprint density at radius 3 is 2.83 bits per heavy atom. The van der Waals surface area contributed by atoms with Gasteiger partial charge in [0.25, 0.3) is 0 Å². The van der Waals surface area contributed by atoms with Crippen LogP contribution in [0.25, 0.3) is 0 Å². The molecule has 1 aromatic carbocycles. The van der Waals surface area contributed by atoms with Crippen molar-refractivity contribution in [2.75, 3.05) is 0 Å². The SMILES string of the molecule is CC[C@@H](O)c1ccccc1OC1CCCC(C)C1. The summed E-state index contributed by atoms with van der Waals surface area (Å²) in [5.74, 6) is 1.62. The van der Waals surface area contributed by atoms with Crippen molar-refractivity contribution in [1.29, 1.82) is 0 Å². The second-order valence-corrected chi connectivity index (χ2v) is 5.47. The largest absolute Gasteiger partial charge is 0.490 e. The molecule has 1 aromatic rings. The third-order valence-electron chi connectivity index (χ3n) is 3.85. The summed E-state index contributed by atoms with van der Waals surface area (Å²) < 4.78 is 6.12. The van der Waals surface area contributed by atoms with Crippen molar-refractivity contribution in [2.24, 2.45) is 5.92 Å². The minimum atomic E-state index is -0.415. The Morgan fingerprint density at radius 2 is 2.11 bits per heavy atom. The Morgan fingerprint density at radius 1 is 1.33 bits per heavy atom. The first-order chi connectivity index (χ1) is 8.70. The zero-order valence-electron chi connectivity index (χ0n) is 11.4. The van der Waals surface area contributed by atoms with Gasteiger partial charge in [-0.05, 0) is 37.7 Å². The first-order valence-electron chi connectivity index (χ1n) is 7.14. The van der Waals surface area contributed by atoms with Crippen LogP contribution in [0.2, 0.25) is 0 Å². The van der Waals surface area contributed by atoms with Crippen molar-refractivity contribution in [1.82, 2.24) is 0 Å². The molecule has 0 radical (unpaired) electrons. The maximum atomic E-state index is 10.0. The summed E-state index contributed by atoms with van der Waals surface area (Å²) in [6.07, 6.45) is 5.48. The van der Waals surface area contributed by atoms with Crippen LogP contribution in [-0.4, -0.2) is 11.2 Å². The molecule has 0 bridgehead atoms. The van der Waals surface area contributed by atoms with Gasteiger partial charge in [-0.15, -0.1) is 0 Å². The summed E-state index contributed by atoms with van der Waals surface area (Å²) in [7, 11) is 0. The maximum Gasteiger partial charge on any atom is 0.125 e. The second-order valence-electron chi connectivity index (χ2n) is 5.47. The van der Waals surface area contributed by atoms with Gasteiger partial charge in [-0.3, -0.25) is 0 Å². The van der Waals surface area contributed by atoms with Gasteiger partial charge in [-0.25, -0.2) is 0 Å². The molecule has 0 amide bonds. The van der Waals surface area contributed by atoms with E-state index in [0.29, 0.717) is 6.10 Å². The van der Waals surface area contributed by atoms with E-state index in [0.717, 1.165) is 36.5 Å². The van der Waals surface area contributed by atoms with Gasteiger partial charge in [0.05, 0.1) is 12.2 Å². The zero-order valence-corrected chi connectivity index (χ0v) is 11.4. The monoisotopic (exact) mass is 248 g/mol. The third kappa shape index (κ3) is 3.26. The average molecular weight is 248 g/mol. The fourth-order valence-electron chi connectivity index (χ4n) is 2.75. The van der Waals surface area contributed by atoms with Gasteiger partial charge < -0.3 is 9.84 Å². The molecule has 1 fully saturated rings. The van der Waals surface area contributed by atoms with Crippen molar-refractivity contribution in [3.63, 3.8) is 0 Å². The average Bonchev–Trinajstić information content (AvgIpc) is 2.38. The topological polar surface area (TPSA) is 29.5 Å². The highest BCUT2D eigenvalue weighted by Gasteiger charge is 2.21. The lowest BCUT2D eigenvalue weighted by Gasteiger charge is -2.28. The number of hydrogen-bond donors (Lipinski definition) is 1. The van der Waals surface area contributed by atoms with Crippen LogP contribution >= 0.6 is 0 Å². The van der Waals surface area contributed by atoms with E-state index in [1.165, 1.54) is 12.8 Å². The summed E-state index contributed by atoms with van der Waals surface area (Å²) >= 11 is 0. The standard InChI is InChI=1S/C16H24O2/c1-3-15(17)14-9-4-5-10-16(14)18-13-8-6-7-12(2)11-13/h4-5,9-10,12-13,15,17H,3,6-8,11H2,1-2H3/t12?,13?,15-/m1/s1. The molecule has 1 saturated carbocycles. The van der Waals surface area contributed by atoms with Gasteiger partial charge >= 0.3 is 0 Å². The van der Waals surface area contributed by atoms with Gasteiger partial charge in [0.2, 0.25) is 0 Å². The normalized spacial score (nSPS) is 25.7. The molecular formula is C16H24O2. The van der Waals surface area contributed by atoms with Gasteiger partial charge in [0.1, 0.15) is 5.75 Å². The second kappa shape index (κ2) is 6.24. The maximum absolute atomic E-state index is 10.0. The van der Waals surface area contributed by atoms with Crippen molar-refractivity contribution in [2.45, 2.75) is 58.2 Å². The number of aliphatic hydroxyl groups excluding tert-OH is 1. The minimum absolute atomic E-state index is 0.318. The molecule has 2 unspecified atom stereocenters. The van der Waals surface area contributed by atoms with E-state index >= 15 is 0 Å². The molecular weight excluding hydrogens is 224 g/mol. The Hall–Kier alpha value is -1.02. The van der Waals surface area contributed by atoms with Crippen molar-refractivity contribution in [3.05, 3.63) is 29.8 Å². The zero-order chi connectivity index (χ0) is 13.0. The van der Waals surface area contributed by atoms with E-state index in [9.17, 15) is 5.11 Å². The molecule has 2 rings (SSSR count). The molecule has 0 aromatic heterocycles. The van der Waals surface area contributed by atoms with Crippen LogP contribution in [0.5, 0.6) is 5.75 Å². The van der Waals surface area contributed by atoms with E-state index < -0.39 is 6.10 Å². The molecule has 0 heterocycles. The number of rotatable bonds is 4. The van der Waals surface area contributed by atoms with Crippen LogP contribution in [0.1, 0.15) is 57.6 Å². The highest BCUT2D eigenvalue weighted by atomic mass is 16.5. The predicted octanol–water partition coefficient (Wildman–Crippen LogP) is 4.09. The lowest BCUT2D eigenvalue weighted by Crippen LogP contribution is -2.24. The van der Waals surface area contributed by atoms with Crippen LogP contribution < -0.4 is 4.74 Å². The summed E-state index contributed by atoms with van der Waals surface area (Å²) in [5, 5.41) is 10.0. The van der Waals surface area contributed by atoms with Crippen LogP contribution in [-0.2, 0) is 0 Å². The smallest absolute Gasteiger partial charge is 0.125 e. The molecule has 3 atom stereocenters. The van der Waals surface area contributed by atoms with Gasteiger partial charge in [0.15, 0.2) is 0 Å². The lowest BCUT2D eigenvalue weighted by molar-refractivity contribution is 0.118. The van der Waals surface area contributed by atoms with Crippen molar-refractivity contribution in [3.8, 4) is 5.75 Å². The summed E-state index contributed by atoms with van der Waals surface area (Å²) in [6.45, 7) is 4.28. The quantitative estimate of drug-likeness (QED) is 0.869. The minimum Gasteiger partial charge on any atom is -0.490 e. The van der Waals surface area contributed by atoms with E-state index in [4.69, 9.17) is 4.74 Å². The van der Waals surface area contributed by atoms with Gasteiger partial charge in [0, 0.05) is 5.56 Å². The molecule has 1 aliphatic rings. The Kier molecular flexibility index (Phi) is 4.65. The molecule has 1 aliphatic carbocycles. The van der Waals surface area contributed by atoms with Gasteiger partial charge in [-0.1, -0.05) is 38.5 Å². The third-order valence-corrected chi connectivity index (χ3v) is 3.85. The van der Waals surface area contributed by atoms with Crippen LogP contribution in [0.15, 0.2) is 24.3 Å². The summed E-state index contributed by atoms with van der Waals surface area (Å²) in [6, 6.07) is 7.89. The van der Waals surface area contributed by atoms with Gasteiger partial charge in [-0.2, -0.15) is 0 Å². The highest BCUT2D eigenvalue weighted by Crippen LogP contribution is 2.32. The fraction of sp³-hybridized carbons (Fsp3) is 0.625. The number of para-hydroxylation sites is 1. The molecule has 1 N–H and O–H groups in total. The van der Waals surface area contributed by atoms with E-state index in [1.807, 2.05) is 31.2 Å². The van der Waals surface area contributed by atoms with Crippen molar-refractivity contribution >= 4 is 0 Å². The Bertz CT molecular complexity index is 375. The van der Waals surface area contributed by atoms with E-state index in [2.05, 4.69) is 6.92 Å². The summed E-state index contributed by atoms with van der Waals surface area (Å²) in [4.78, 5) is 0. The number of hydrogen-bond acceptors (Lipinski definition) is 2. The van der Waals surface area contributed by atoms with E-state index in [1.54, 1.807) is 0 Å². The molecule has 100 valence electrons. The van der Waals surface area contributed by atoms with Crippen LogP contribution in [0.4, 0.5) is 0 Å². The first kappa shape index (κ1) is 13.4. The lowest BCUT2D eigenvalue weighted by atomic mass is 9.88. The highest BCUT2D eigenvalue weighted by molar-refractivity contribution is 5.35. The molecule has 2 nitrogen and oxygen atoms in total. The predicted molar refractivity (Wildman–Crippen MR) is 73.7 cm³/mol. The van der Waals surface area contributed by atoms with Crippen LogP contribution in [0.3, 0.4) is 0 Å².